The number of ketones is 1. The van der Waals surface area contributed by atoms with E-state index in [9.17, 15) is 25.0 Å². The smallest absolute Gasteiger partial charge is 0.397 e. The van der Waals surface area contributed by atoms with Crippen LogP contribution in [0.1, 0.15) is 22.0 Å². The van der Waals surface area contributed by atoms with Crippen LogP contribution in [0.5, 0.6) is 5.75 Å². The number of alkyl halides is 1. The van der Waals surface area contributed by atoms with Gasteiger partial charge in [0.1, 0.15) is 5.75 Å². The van der Waals surface area contributed by atoms with Gasteiger partial charge in [-0.05, 0) is 29.8 Å². The fourth-order valence-electron chi connectivity index (χ4n) is 2.53. The van der Waals surface area contributed by atoms with Crippen molar-refractivity contribution in [3.05, 3.63) is 78.8 Å². The number of nitro benzene ring substituents is 1. The third-order valence-corrected chi connectivity index (χ3v) is 4.53. The Bertz CT molecular complexity index is 901. The molecule has 8 nitrogen and oxygen atoms in total. The summed E-state index contributed by atoms with van der Waals surface area (Å²) in [6.07, 6.45) is -1.43. The van der Waals surface area contributed by atoms with Crippen molar-refractivity contribution < 1.29 is 19.4 Å². The van der Waals surface area contributed by atoms with Crippen LogP contribution in [0.15, 0.2) is 42.5 Å². The van der Waals surface area contributed by atoms with Gasteiger partial charge in [-0.25, -0.2) is 0 Å². The molecule has 0 fully saturated rings. The van der Waals surface area contributed by atoms with E-state index < -0.39 is 32.4 Å². The van der Waals surface area contributed by atoms with E-state index in [1.807, 2.05) is 0 Å². The zero-order chi connectivity index (χ0) is 18.4. The first-order valence-electron chi connectivity index (χ1n) is 6.84. The van der Waals surface area contributed by atoms with Crippen LogP contribution in [-0.2, 0) is 0 Å². The zero-order valence-electron chi connectivity index (χ0n) is 12.2. The number of non-ortho nitro benzene ring substituents is 1. The Balaban J connectivity index is 2.18. The maximum Gasteiger partial charge on any atom is 0.397 e. The van der Waals surface area contributed by atoms with E-state index in [-0.39, 0.29) is 16.9 Å². The van der Waals surface area contributed by atoms with Crippen molar-refractivity contribution >= 4 is 34.7 Å². The molecule has 0 radical (unpaired) electrons. The number of carbonyl (C=O) groups is 1. The average Bonchev–Trinajstić information content (AvgIpc) is 2.58. The predicted molar refractivity (Wildman–Crippen MR) is 87.8 cm³/mol. The summed E-state index contributed by atoms with van der Waals surface area (Å²) in [4.78, 5) is 30.8. The van der Waals surface area contributed by atoms with Gasteiger partial charge in [0.15, 0.2) is 0 Å². The molecule has 0 amide bonds. The van der Waals surface area contributed by atoms with Crippen LogP contribution in [0.2, 0.25) is 5.02 Å². The van der Waals surface area contributed by atoms with E-state index in [0.717, 1.165) is 12.1 Å². The second-order valence-electron chi connectivity index (χ2n) is 5.25. The van der Waals surface area contributed by atoms with E-state index in [1.54, 1.807) is 0 Å². The molecule has 1 aliphatic rings. The molecule has 0 bridgehead atoms. The second kappa shape index (κ2) is 5.98. The minimum absolute atomic E-state index is 0.0197. The van der Waals surface area contributed by atoms with E-state index in [0.29, 0.717) is 5.02 Å². The van der Waals surface area contributed by atoms with Gasteiger partial charge in [0.25, 0.3) is 11.5 Å². The van der Waals surface area contributed by atoms with Crippen LogP contribution in [0.4, 0.5) is 5.69 Å². The Labute approximate surface area is 150 Å². The third kappa shape index (κ3) is 2.69. The molecule has 1 aliphatic heterocycles. The number of nitrogens with zero attached hydrogens (tertiary/aromatic N) is 2. The monoisotopic (exact) mass is 382 g/mol. The molecule has 0 saturated carbocycles. The lowest BCUT2D eigenvalue weighted by atomic mass is 9.91. The summed E-state index contributed by atoms with van der Waals surface area (Å²) in [7, 11) is 0. The molecule has 0 saturated heterocycles. The van der Waals surface area contributed by atoms with Gasteiger partial charge in [-0.15, -0.1) is 0 Å². The highest BCUT2D eigenvalue weighted by Crippen LogP contribution is 2.46. The molecule has 25 heavy (non-hydrogen) atoms. The quantitative estimate of drug-likeness (QED) is 0.345. The molecular weight excluding hydrogens is 375 g/mol. The molecule has 10 heteroatoms. The number of halogens is 2. The van der Waals surface area contributed by atoms with Crippen molar-refractivity contribution in [2.75, 3.05) is 0 Å². The van der Waals surface area contributed by atoms with Crippen LogP contribution < -0.4 is 4.74 Å². The first-order valence-corrected chi connectivity index (χ1v) is 7.59. The lowest BCUT2D eigenvalue weighted by molar-refractivity contribution is -0.536. The summed E-state index contributed by atoms with van der Waals surface area (Å²) in [5.41, 5.74) is -0.442. The van der Waals surface area contributed by atoms with E-state index in [4.69, 9.17) is 27.9 Å². The van der Waals surface area contributed by atoms with Gasteiger partial charge in [-0.2, -0.15) is 0 Å². The van der Waals surface area contributed by atoms with Crippen molar-refractivity contribution in [3.8, 4) is 5.75 Å². The molecule has 2 atom stereocenters. The molecule has 128 valence electrons. The summed E-state index contributed by atoms with van der Waals surface area (Å²) in [5, 5.41) is 22.9. The SMILES string of the molecule is O=C1c2cc([N+](=O)[O-])ccc2O[C@H](c2ccc(Cl)cc2)[C@@]1(Cl)[N+](=O)[O-]. The Kier molecular flexibility index (Phi) is 4.09. The van der Waals surface area contributed by atoms with E-state index in [2.05, 4.69) is 0 Å². The number of hydrogen-bond donors (Lipinski definition) is 0. The normalized spacial score (nSPS) is 22.0. The molecule has 0 aliphatic carbocycles. The average molecular weight is 383 g/mol. The number of carbonyl (C=O) groups excluding carboxylic acids is 1. The lowest BCUT2D eigenvalue weighted by Gasteiger charge is -2.32. The van der Waals surface area contributed by atoms with Crippen molar-refractivity contribution in [1.82, 2.24) is 0 Å². The fraction of sp³-hybridized carbons (Fsp3) is 0.133. The summed E-state index contributed by atoms with van der Waals surface area (Å²) >= 11 is 11.9. The maximum atomic E-state index is 12.7. The number of Topliss-reactive ketones (excluding diaryl/α,β-unsaturated/α-hetero) is 1. The summed E-state index contributed by atoms with van der Waals surface area (Å²) in [6, 6.07) is 9.13. The van der Waals surface area contributed by atoms with Crippen molar-refractivity contribution in [2.24, 2.45) is 0 Å². The second-order valence-corrected chi connectivity index (χ2v) is 6.26. The minimum atomic E-state index is -2.66. The molecule has 2 aromatic rings. The molecule has 0 spiro atoms. The molecule has 3 rings (SSSR count). The van der Waals surface area contributed by atoms with Crippen LogP contribution in [0.25, 0.3) is 0 Å². The van der Waals surface area contributed by atoms with Gasteiger partial charge in [-0.3, -0.25) is 25.0 Å². The van der Waals surface area contributed by atoms with Gasteiger partial charge in [-0.1, -0.05) is 23.7 Å². The number of fused-ring (bicyclic) bond motifs is 1. The molecule has 2 aromatic carbocycles. The van der Waals surface area contributed by atoms with Crippen molar-refractivity contribution in [1.29, 1.82) is 0 Å². The Morgan fingerprint density at radius 2 is 1.72 bits per heavy atom. The number of ether oxygens (including phenoxy) is 1. The third-order valence-electron chi connectivity index (χ3n) is 3.77. The highest BCUT2D eigenvalue weighted by atomic mass is 35.5. The maximum absolute atomic E-state index is 12.7. The van der Waals surface area contributed by atoms with E-state index in [1.165, 1.54) is 30.3 Å². The van der Waals surface area contributed by atoms with Gasteiger partial charge < -0.3 is 4.74 Å². The Hall–Kier alpha value is -2.71. The molecule has 0 N–H and O–H groups in total. The van der Waals surface area contributed by atoms with Gasteiger partial charge in [0.2, 0.25) is 6.10 Å². The first-order chi connectivity index (χ1) is 11.7. The van der Waals surface area contributed by atoms with Crippen LogP contribution >= 0.6 is 23.2 Å². The largest absolute Gasteiger partial charge is 0.475 e. The van der Waals surface area contributed by atoms with E-state index >= 15 is 0 Å². The molecule has 0 aromatic heterocycles. The lowest BCUT2D eigenvalue weighted by Crippen LogP contribution is -2.51. The summed E-state index contributed by atoms with van der Waals surface area (Å²) in [6.45, 7) is 0. The topological polar surface area (TPSA) is 113 Å². The number of rotatable bonds is 3. The fourth-order valence-corrected chi connectivity index (χ4v) is 2.93. The van der Waals surface area contributed by atoms with Crippen molar-refractivity contribution in [2.45, 2.75) is 11.1 Å². The summed E-state index contributed by atoms with van der Waals surface area (Å²) < 4.78 is 5.58. The molecular formula is C15H8Cl2N2O6. The highest BCUT2D eigenvalue weighted by Gasteiger charge is 2.62. The molecule has 1 heterocycles. The van der Waals surface area contributed by atoms with Crippen LogP contribution in [0.3, 0.4) is 0 Å². The predicted octanol–water partition coefficient (Wildman–Crippen LogP) is 3.78. The zero-order valence-corrected chi connectivity index (χ0v) is 13.7. The Morgan fingerprint density at radius 3 is 2.28 bits per heavy atom. The first kappa shape index (κ1) is 17.1. The van der Waals surface area contributed by atoms with Gasteiger partial charge >= 0.3 is 5.00 Å². The minimum Gasteiger partial charge on any atom is -0.475 e. The van der Waals surface area contributed by atoms with Crippen LogP contribution in [-0.4, -0.2) is 20.6 Å². The van der Waals surface area contributed by atoms with Crippen LogP contribution in [0, 0.1) is 20.2 Å². The Morgan fingerprint density at radius 1 is 1.08 bits per heavy atom. The van der Waals surface area contributed by atoms with Crippen molar-refractivity contribution in [3.63, 3.8) is 0 Å². The molecule has 0 unspecified atom stereocenters. The van der Waals surface area contributed by atoms with Gasteiger partial charge in [0, 0.05) is 22.7 Å². The van der Waals surface area contributed by atoms with Gasteiger partial charge in [0.05, 0.1) is 15.4 Å². The number of hydrogen-bond acceptors (Lipinski definition) is 6. The standard InChI is InChI=1S/C15H8Cl2N2O6/c16-9-3-1-8(2-4-9)14-15(17,19(23)24)13(20)11-7-10(18(21)22)5-6-12(11)25-14/h1-7,14H/t14-,15+/m1/s1. The number of benzene rings is 2. The highest BCUT2D eigenvalue weighted by molar-refractivity contribution is 6.37. The number of nitro groups is 2. The summed E-state index contributed by atoms with van der Waals surface area (Å²) in [5.74, 6) is -1.10.